The third-order valence-corrected chi connectivity index (χ3v) is 11.7. The van der Waals surface area contributed by atoms with Crippen LogP contribution in [-0.2, 0) is 31.3 Å². The second kappa shape index (κ2) is 12.1. The summed E-state index contributed by atoms with van der Waals surface area (Å²) < 4.78 is 68.6. The molecule has 48 heavy (non-hydrogen) atoms. The number of ether oxygens (including phenoxy) is 2. The van der Waals surface area contributed by atoms with E-state index in [1.807, 2.05) is 71.4 Å². The van der Waals surface area contributed by atoms with Crippen LogP contribution in [-0.4, -0.2) is 56.7 Å². The predicted molar refractivity (Wildman–Crippen MR) is 174 cm³/mol. The van der Waals surface area contributed by atoms with Gasteiger partial charge in [0.25, 0.3) is 0 Å². The van der Waals surface area contributed by atoms with Crippen molar-refractivity contribution >= 4 is 27.2 Å². The Morgan fingerprint density at radius 3 is 2.38 bits per heavy atom. The van der Waals surface area contributed by atoms with Gasteiger partial charge in [-0.15, -0.1) is 0 Å². The molecule has 1 spiro atoms. The summed E-state index contributed by atoms with van der Waals surface area (Å²) in [7, 11) is -1.79. The van der Waals surface area contributed by atoms with Gasteiger partial charge in [0, 0.05) is 17.1 Å². The topological polar surface area (TPSA) is 103 Å². The van der Waals surface area contributed by atoms with Gasteiger partial charge in [0.2, 0.25) is 5.91 Å². The molecule has 1 aliphatic carbocycles. The molecule has 0 bridgehead atoms. The van der Waals surface area contributed by atoms with Gasteiger partial charge < -0.3 is 14.4 Å². The quantitative estimate of drug-likeness (QED) is 0.218. The number of carbonyl (C=O) groups excluding carboxylic acids is 2. The summed E-state index contributed by atoms with van der Waals surface area (Å²) in [5.74, 6) is -1.60. The van der Waals surface area contributed by atoms with Gasteiger partial charge in [0.05, 0.1) is 52.1 Å². The van der Waals surface area contributed by atoms with Gasteiger partial charge in [-0.25, -0.2) is 8.89 Å². The Kier molecular flexibility index (Phi) is 8.05. The van der Waals surface area contributed by atoms with E-state index in [0.717, 1.165) is 34.5 Å². The summed E-state index contributed by atoms with van der Waals surface area (Å²) in [5, 5.41) is 4.57. The van der Waals surface area contributed by atoms with Crippen molar-refractivity contribution in [3.63, 3.8) is 0 Å². The van der Waals surface area contributed by atoms with E-state index in [-0.39, 0.29) is 30.3 Å². The minimum atomic E-state index is -5.18. The lowest BCUT2D eigenvalue weighted by atomic mass is 9.65. The average molecular weight is 679 g/mol. The van der Waals surface area contributed by atoms with E-state index < -0.39 is 33.3 Å². The van der Waals surface area contributed by atoms with Crippen LogP contribution in [0.1, 0.15) is 43.2 Å². The van der Waals surface area contributed by atoms with Gasteiger partial charge in [-0.1, -0.05) is 36.8 Å². The van der Waals surface area contributed by atoms with Crippen molar-refractivity contribution in [2.75, 3.05) is 23.5 Å². The molecular formula is C35H33F3N4O5S. The van der Waals surface area contributed by atoms with E-state index in [0.29, 0.717) is 36.6 Å². The molecule has 2 fully saturated rings. The van der Waals surface area contributed by atoms with E-state index in [4.69, 9.17) is 9.47 Å². The van der Waals surface area contributed by atoms with E-state index in [1.54, 1.807) is 18.2 Å². The number of rotatable bonds is 7. The number of hydrogen-bond acceptors (Lipinski definition) is 6. The van der Waals surface area contributed by atoms with E-state index >= 15 is 0 Å². The number of fused-ring (bicyclic) bond motifs is 2. The molecule has 3 heterocycles. The molecule has 9 nitrogen and oxygen atoms in total. The van der Waals surface area contributed by atoms with Gasteiger partial charge in [-0.2, -0.15) is 22.6 Å². The first kappa shape index (κ1) is 31.9. The van der Waals surface area contributed by atoms with Crippen molar-refractivity contribution in [3.8, 4) is 28.4 Å². The summed E-state index contributed by atoms with van der Waals surface area (Å²) >= 11 is 0. The Morgan fingerprint density at radius 2 is 1.75 bits per heavy atom. The number of alkyl halides is 3. The van der Waals surface area contributed by atoms with Gasteiger partial charge in [-0.05, 0) is 79.3 Å². The molecule has 0 N–H and O–H groups in total. The standard InChI is InChI=1S/C35H33F3N4O5S/c1-46-26-10-8-23(9-11-26)22-41-31-28(34(33(41)44)15-5-16-34)20-24(29-12-17-39-42(29)25-6-3-2-4-7-25)21-30(31)47-27-13-18-48(45,19-14-27)40-32(43)35(36,37)38/h2-4,6-12,17,20-21,27H,5,13-16,18-19,22H2,1H3. The fraction of sp³-hybridized carbons (Fsp3) is 0.343. The molecule has 3 aliphatic rings. The molecule has 13 heteroatoms. The van der Waals surface area contributed by atoms with E-state index in [2.05, 4.69) is 15.5 Å². The summed E-state index contributed by atoms with van der Waals surface area (Å²) in [4.78, 5) is 27.6. The van der Waals surface area contributed by atoms with Crippen LogP contribution in [0.25, 0.3) is 16.9 Å². The lowest BCUT2D eigenvalue weighted by Gasteiger charge is -2.37. The molecule has 0 radical (unpaired) electrons. The average Bonchev–Trinajstić information content (AvgIpc) is 3.64. The Labute approximate surface area is 275 Å². The lowest BCUT2D eigenvalue weighted by Crippen LogP contribution is -2.44. The van der Waals surface area contributed by atoms with Gasteiger partial charge in [0.1, 0.15) is 17.6 Å². The number of hydrogen-bond donors (Lipinski definition) is 0. The number of aromatic nitrogens is 2. The number of anilines is 1. The maximum absolute atomic E-state index is 14.3. The number of benzene rings is 3. The van der Waals surface area contributed by atoms with Gasteiger partial charge in [-0.3, -0.25) is 9.59 Å². The largest absolute Gasteiger partial charge is 0.497 e. The number of para-hydroxylation sites is 1. The monoisotopic (exact) mass is 678 g/mol. The summed E-state index contributed by atoms with van der Waals surface area (Å²) in [6.45, 7) is 0.298. The second-order valence-electron chi connectivity index (χ2n) is 12.4. The zero-order chi connectivity index (χ0) is 33.7. The highest BCUT2D eigenvalue weighted by molar-refractivity contribution is 7.93. The van der Waals surface area contributed by atoms with Crippen molar-refractivity contribution in [1.29, 1.82) is 0 Å². The molecule has 2 aliphatic heterocycles. The minimum Gasteiger partial charge on any atom is -0.497 e. The van der Waals surface area contributed by atoms with Gasteiger partial charge >= 0.3 is 12.1 Å². The zero-order valence-corrected chi connectivity index (χ0v) is 26.9. The second-order valence-corrected chi connectivity index (χ2v) is 14.9. The van der Waals surface area contributed by atoms with Crippen molar-refractivity contribution < 1.29 is 36.4 Å². The van der Waals surface area contributed by atoms with Crippen molar-refractivity contribution in [3.05, 3.63) is 90.1 Å². The smallest absolute Gasteiger partial charge is 0.474 e. The number of carbonyl (C=O) groups is 2. The first-order valence-electron chi connectivity index (χ1n) is 15.7. The SMILES string of the molecule is COc1ccc(CN2C(=O)C3(CCC3)c3cc(-c4ccnn4-c4ccccc4)cc(OC4CCS(=O)(=NC(=O)C(F)(F)F)CC4)c32)cc1. The molecular weight excluding hydrogens is 645 g/mol. The number of nitrogens with zero attached hydrogens (tertiary/aromatic N) is 4. The predicted octanol–water partition coefficient (Wildman–Crippen LogP) is 6.61. The molecule has 7 rings (SSSR count). The number of amides is 2. The van der Waals surface area contributed by atoms with Crippen LogP contribution in [0.5, 0.6) is 11.5 Å². The molecule has 1 aromatic heterocycles. The van der Waals surface area contributed by atoms with Gasteiger partial charge in [0.15, 0.2) is 0 Å². The van der Waals surface area contributed by atoms with Crippen LogP contribution in [0.4, 0.5) is 18.9 Å². The minimum absolute atomic E-state index is 0.00531. The fourth-order valence-corrected chi connectivity index (χ4v) is 8.86. The third-order valence-electron chi connectivity index (χ3n) is 9.46. The Bertz CT molecular complexity index is 1980. The molecule has 4 aromatic rings. The van der Waals surface area contributed by atoms with E-state index in [1.165, 1.54) is 0 Å². The van der Waals surface area contributed by atoms with Crippen molar-refractivity contribution in [2.45, 2.75) is 56.3 Å². The van der Waals surface area contributed by atoms with Crippen LogP contribution in [0.15, 0.2) is 83.4 Å². The highest BCUT2D eigenvalue weighted by atomic mass is 32.2. The number of halogens is 3. The maximum Gasteiger partial charge on any atom is 0.474 e. The van der Waals surface area contributed by atoms with Crippen LogP contribution in [0, 0.1) is 0 Å². The van der Waals surface area contributed by atoms with Crippen LogP contribution in [0.2, 0.25) is 0 Å². The normalized spacial score (nSPS) is 21.5. The molecule has 1 saturated carbocycles. The Balaban J connectivity index is 1.30. The summed E-state index contributed by atoms with van der Waals surface area (Å²) in [6, 6.07) is 23.0. The molecule has 3 aromatic carbocycles. The fourth-order valence-electron chi connectivity index (χ4n) is 6.81. The first-order chi connectivity index (χ1) is 23.0. The van der Waals surface area contributed by atoms with Crippen LogP contribution in [0.3, 0.4) is 0 Å². The highest BCUT2D eigenvalue weighted by Crippen LogP contribution is 2.58. The van der Waals surface area contributed by atoms with Crippen molar-refractivity contribution in [2.24, 2.45) is 4.36 Å². The summed E-state index contributed by atoms with van der Waals surface area (Å²) in [6.07, 6.45) is -1.44. The zero-order valence-electron chi connectivity index (χ0n) is 26.1. The van der Waals surface area contributed by atoms with Crippen molar-refractivity contribution in [1.82, 2.24) is 9.78 Å². The van der Waals surface area contributed by atoms with Crippen LogP contribution >= 0.6 is 0 Å². The lowest BCUT2D eigenvalue weighted by molar-refractivity contribution is -0.169. The highest BCUT2D eigenvalue weighted by Gasteiger charge is 2.56. The molecule has 2 amide bonds. The van der Waals surface area contributed by atoms with E-state index in [9.17, 15) is 27.0 Å². The molecule has 0 unspecified atom stereocenters. The summed E-state index contributed by atoms with van der Waals surface area (Å²) in [5.41, 5.74) is 4.17. The third kappa shape index (κ3) is 5.73. The molecule has 250 valence electrons. The molecule has 0 atom stereocenters. The first-order valence-corrected chi connectivity index (χ1v) is 17.6. The maximum atomic E-state index is 14.3. The number of methoxy groups -OCH3 is 1. The Morgan fingerprint density at radius 1 is 1.04 bits per heavy atom. The van der Waals surface area contributed by atoms with Crippen LogP contribution < -0.4 is 14.4 Å². The Hall–Kier alpha value is -4.65. The molecule has 1 saturated heterocycles.